The Hall–Kier alpha value is -1.59. The van der Waals surface area contributed by atoms with Gasteiger partial charge in [0.1, 0.15) is 13.2 Å². The Bertz CT molecular complexity index is 351. The molecule has 0 unspecified atom stereocenters. The molecule has 1 aromatic heterocycles. The first-order valence-electron chi connectivity index (χ1n) is 4.40. The minimum Gasteiger partial charge on any atom is -0.484 e. The van der Waals surface area contributed by atoms with E-state index in [-0.39, 0.29) is 17.6 Å². The van der Waals surface area contributed by atoms with Crippen LogP contribution >= 0.6 is 0 Å². The molecule has 0 aliphatic carbocycles. The molecule has 0 fully saturated rings. The third-order valence-electron chi connectivity index (χ3n) is 1.17. The topological polar surface area (TPSA) is 70.3 Å². The van der Waals surface area contributed by atoms with Gasteiger partial charge in [-0.15, -0.1) is 0 Å². The van der Waals surface area contributed by atoms with Gasteiger partial charge >= 0.3 is 0 Å². The first-order valence-corrected chi connectivity index (χ1v) is 3.40. The zero-order chi connectivity index (χ0) is 11.5. The molecule has 0 radical (unpaired) electrons. The van der Waals surface area contributed by atoms with Crippen molar-refractivity contribution in [1.29, 1.82) is 0 Å². The largest absolute Gasteiger partial charge is 0.484 e. The minimum atomic E-state index is -2.44. The Kier molecular flexibility index (Phi) is 2.35. The standard InChI is InChI=1S/C7H10FN3O2/c1-12-6-5(13-3-2-8)4-10-7(9)11-6/h4H,2-3H2,1H3,(H2,9,10,11)/i3D2. The molecule has 6 heteroatoms. The molecule has 2 N–H and O–H groups in total. The van der Waals surface area contributed by atoms with Crippen LogP contribution in [0.5, 0.6) is 11.6 Å². The van der Waals surface area contributed by atoms with Crippen LogP contribution in [0.3, 0.4) is 0 Å². The molecule has 5 nitrogen and oxygen atoms in total. The lowest BCUT2D eigenvalue weighted by atomic mass is 10.5. The highest BCUT2D eigenvalue weighted by Gasteiger charge is 2.06. The van der Waals surface area contributed by atoms with Crippen molar-refractivity contribution in [3.05, 3.63) is 6.20 Å². The molecular weight excluding hydrogens is 177 g/mol. The Labute approximate surface area is 77.5 Å². The van der Waals surface area contributed by atoms with E-state index in [1.54, 1.807) is 0 Å². The zero-order valence-electron chi connectivity index (χ0n) is 8.95. The van der Waals surface area contributed by atoms with Crippen molar-refractivity contribution in [2.45, 2.75) is 0 Å². The molecule has 0 amide bonds. The van der Waals surface area contributed by atoms with E-state index < -0.39 is 13.2 Å². The summed E-state index contributed by atoms with van der Waals surface area (Å²) < 4.78 is 35.7. The van der Waals surface area contributed by atoms with Crippen LogP contribution in [-0.4, -0.2) is 30.3 Å². The summed E-state index contributed by atoms with van der Waals surface area (Å²) in [6.45, 7) is -3.73. The van der Waals surface area contributed by atoms with Crippen molar-refractivity contribution >= 4 is 5.95 Å². The number of hydrogen-bond donors (Lipinski definition) is 1. The average Bonchev–Trinajstić information content (AvgIpc) is 2.20. The number of aromatic nitrogens is 2. The van der Waals surface area contributed by atoms with Gasteiger partial charge in [0.05, 0.1) is 16.0 Å². The van der Waals surface area contributed by atoms with Gasteiger partial charge in [-0.25, -0.2) is 9.37 Å². The van der Waals surface area contributed by atoms with Crippen LogP contribution < -0.4 is 15.2 Å². The maximum atomic E-state index is 12.2. The molecule has 0 saturated heterocycles. The van der Waals surface area contributed by atoms with Gasteiger partial charge in [-0.1, -0.05) is 0 Å². The smallest absolute Gasteiger partial charge is 0.261 e. The number of rotatable bonds is 4. The summed E-state index contributed by atoms with van der Waals surface area (Å²) in [5.74, 6) is -0.186. The fourth-order valence-electron chi connectivity index (χ4n) is 0.689. The number of nitrogens with zero attached hydrogens (tertiary/aromatic N) is 2. The maximum absolute atomic E-state index is 12.2. The molecule has 72 valence electrons. The van der Waals surface area contributed by atoms with Crippen LogP contribution in [0.1, 0.15) is 2.74 Å². The predicted octanol–water partition coefficient (Wildman–Crippen LogP) is 0.416. The number of alkyl halides is 1. The number of methoxy groups -OCH3 is 1. The minimum absolute atomic E-state index is 0.0417. The summed E-state index contributed by atoms with van der Waals surface area (Å²) in [7, 11) is 1.31. The second-order valence-corrected chi connectivity index (χ2v) is 1.98. The third-order valence-corrected chi connectivity index (χ3v) is 1.17. The summed E-state index contributed by atoms with van der Waals surface area (Å²) in [6, 6.07) is 0. The number of hydrogen-bond acceptors (Lipinski definition) is 5. The van der Waals surface area contributed by atoms with Gasteiger partial charge in [-0.3, -0.25) is 0 Å². The molecule has 0 saturated carbocycles. The number of anilines is 1. The third kappa shape index (κ3) is 2.43. The molecule has 0 aliphatic heterocycles. The summed E-state index contributed by atoms with van der Waals surface area (Å²) >= 11 is 0. The Morgan fingerprint density at radius 1 is 1.77 bits per heavy atom. The molecule has 0 spiro atoms. The van der Waals surface area contributed by atoms with Gasteiger partial charge in [-0.2, -0.15) is 4.98 Å². The van der Waals surface area contributed by atoms with E-state index in [9.17, 15) is 4.39 Å². The van der Waals surface area contributed by atoms with Crippen molar-refractivity contribution < 1.29 is 16.6 Å². The van der Waals surface area contributed by atoms with Gasteiger partial charge in [-0.05, 0) is 0 Å². The van der Waals surface area contributed by atoms with Crippen LogP contribution in [0, 0.1) is 0 Å². The fourth-order valence-corrected chi connectivity index (χ4v) is 0.689. The van der Waals surface area contributed by atoms with Crippen molar-refractivity contribution in [3.63, 3.8) is 0 Å². The normalized spacial score (nSPS) is 13.1. The van der Waals surface area contributed by atoms with E-state index in [1.807, 2.05) is 0 Å². The van der Waals surface area contributed by atoms with Crippen molar-refractivity contribution in [3.8, 4) is 11.6 Å². The van der Waals surface area contributed by atoms with Crippen LogP contribution in [0.2, 0.25) is 0 Å². The monoisotopic (exact) mass is 189 g/mol. The average molecular weight is 189 g/mol. The molecule has 1 aromatic rings. The summed E-state index contributed by atoms with van der Waals surface area (Å²) in [4.78, 5) is 7.22. The highest BCUT2D eigenvalue weighted by Crippen LogP contribution is 2.23. The molecular formula is C7H10FN3O2. The van der Waals surface area contributed by atoms with Gasteiger partial charge in [0.15, 0.2) is 5.75 Å². The Morgan fingerprint density at radius 3 is 3.15 bits per heavy atom. The van der Waals surface area contributed by atoms with Crippen molar-refractivity contribution in [2.75, 3.05) is 26.1 Å². The fraction of sp³-hybridized carbons (Fsp3) is 0.429. The Balaban J connectivity index is 2.94. The molecule has 13 heavy (non-hydrogen) atoms. The Morgan fingerprint density at radius 2 is 2.54 bits per heavy atom. The van der Waals surface area contributed by atoms with E-state index in [2.05, 4.69) is 14.7 Å². The van der Waals surface area contributed by atoms with Crippen LogP contribution in [0.4, 0.5) is 10.3 Å². The quantitative estimate of drug-likeness (QED) is 0.743. The van der Waals surface area contributed by atoms with E-state index in [1.165, 1.54) is 7.11 Å². The molecule has 0 bridgehead atoms. The van der Waals surface area contributed by atoms with E-state index in [4.69, 9.17) is 13.2 Å². The van der Waals surface area contributed by atoms with E-state index in [0.29, 0.717) is 0 Å². The summed E-state index contributed by atoms with van der Waals surface area (Å²) in [5, 5.41) is 0. The maximum Gasteiger partial charge on any atom is 0.261 e. The van der Waals surface area contributed by atoms with Crippen molar-refractivity contribution in [1.82, 2.24) is 9.97 Å². The second kappa shape index (κ2) is 4.44. The molecule has 0 aliphatic rings. The highest BCUT2D eigenvalue weighted by atomic mass is 19.1. The molecule has 0 aromatic carbocycles. The lowest BCUT2D eigenvalue weighted by molar-refractivity contribution is 0.256. The predicted molar refractivity (Wildman–Crippen MR) is 44.5 cm³/mol. The molecule has 1 rings (SSSR count). The summed E-state index contributed by atoms with van der Waals surface area (Å²) in [5.41, 5.74) is 5.27. The van der Waals surface area contributed by atoms with Crippen LogP contribution in [0.25, 0.3) is 0 Å². The first kappa shape index (κ1) is 6.88. The van der Waals surface area contributed by atoms with Crippen LogP contribution in [-0.2, 0) is 0 Å². The number of nitrogens with two attached hydrogens (primary N) is 1. The highest BCUT2D eigenvalue weighted by molar-refractivity contribution is 5.35. The van der Waals surface area contributed by atoms with Crippen LogP contribution in [0.15, 0.2) is 6.20 Å². The molecule has 0 atom stereocenters. The van der Waals surface area contributed by atoms with Gasteiger partial charge in [0.2, 0.25) is 5.95 Å². The number of halogens is 1. The number of ether oxygens (including phenoxy) is 2. The van der Waals surface area contributed by atoms with E-state index in [0.717, 1.165) is 6.20 Å². The number of nitrogen functional groups attached to an aromatic ring is 1. The lowest BCUT2D eigenvalue weighted by Gasteiger charge is -2.07. The van der Waals surface area contributed by atoms with Gasteiger partial charge in [0, 0.05) is 0 Å². The van der Waals surface area contributed by atoms with Gasteiger partial charge < -0.3 is 15.2 Å². The van der Waals surface area contributed by atoms with Crippen molar-refractivity contribution in [2.24, 2.45) is 0 Å². The molecule has 1 heterocycles. The first-order chi connectivity index (χ1) is 6.98. The lowest BCUT2D eigenvalue weighted by Crippen LogP contribution is -2.04. The SMILES string of the molecule is [2H]C([2H])(CF)Oc1cnc(N)nc1OC. The second-order valence-electron chi connectivity index (χ2n) is 1.98. The van der Waals surface area contributed by atoms with E-state index >= 15 is 0 Å². The zero-order valence-corrected chi connectivity index (χ0v) is 6.95. The van der Waals surface area contributed by atoms with Gasteiger partial charge in [0.25, 0.3) is 5.88 Å². The summed E-state index contributed by atoms with van der Waals surface area (Å²) in [6.07, 6.45) is 1.12.